The molecule has 1 N–H and O–H groups in total. The van der Waals surface area contributed by atoms with Crippen molar-refractivity contribution in [1.29, 1.82) is 0 Å². The normalized spacial score (nSPS) is 28.3. The Labute approximate surface area is 112 Å². The molecule has 0 bridgehead atoms. The molecule has 1 amide bonds. The van der Waals surface area contributed by atoms with Crippen molar-refractivity contribution >= 4 is 11.6 Å². The van der Waals surface area contributed by atoms with Crippen LogP contribution in [0.1, 0.15) is 6.42 Å². The molecule has 5 heteroatoms. The Bertz CT molecular complexity index is 499. The number of halogens is 1. The number of nitrogens with zero attached hydrogens (tertiary/aromatic N) is 2. The minimum absolute atomic E-state index is 0.0137. The largest absolute Gasteiger partial charge is 0.315 e. The van der Waals surface area contributed by atoms with Gasteiger partial charge in [0.2, 0.25) is 5.91 Å². The van der Waals surface area contributed by atoms with Gasteiger partial charge < -0.3 is 10.2 Å². The van der Waals surface area contributed by atoms with Crippen LogP contribution < -0.4 is 10.2 Å². The summed E-state index contributed by atoms with van der Waals surface area (Å²) >= 11 is 0. The van der Waals surface area contributed by atoms with Crippen LogP contribution in [0.4, 0.5) is 10.1 Å². The van der Waals surface area contributed by atoms with E-state index in [9.17, 15) is 9.18 Å². The molecule has 2 aliphatic heterocycles. The molecule has 2 heterocycles. The second kappa shape index (κ2) is 4.58. The van der Waals surface area contributed by atoms with Crippen molar-refractivity contribution in [3.8, 4) is 0 Å². The van der Waals surface area contributed by atoms with Gasteiger partial charge in [-0.05, 0) is 38.2 Å². The number of benzene rings is 1. The van der Waals surface area contributed by atoms with Gasteiger partial charge in [0, 0.05) is 18.8 Å². The van der Waals surface area contributed by atoms with Gasteiger partial charge in [0.1, 0.15) is 5.82 Å². The molecule has 3 rings (SSSR count). The topological polar surface area (TPSA) is 35.6 Å². The number of amides is 1. The number of likely N-dealkylation sites (N-methyl/N-ethyl adjacent to an activating group) is 1. The van der Waals surface area contributed by atoms with Crippen LogP contribution >= 0.6 is 0 Å². The van der Waals surface area contributed by atoms with E-state index >= 15 is 0 Å². The van der Waals surface area contributed by atoms with Crippen LogP contribution in [0.25, 0.3) is 0 Å². The Morgan fingerprint density at radius 3 is 2.95 bits per heavy atom. The number of nitrogens with one attached hydrogen (secondary N) is 1. The van der Waals surface area contributed by atoms with Crippen LogP contribution in [0.3, 0.4) is 0 Å². The van der Waals surface area contributed by atoms with Crippen molar-refractivity contribution in [2.45, 2.75) is 12.0 Å². The first-order valence-electron chi connectivity index (χ1n) is 6.59. The van der Waals surface area contributed by atoms with E-state index in [2.05, 4.69) is 10.2 Å². The van der Waals surface area contributed by atoms with Gasteiger partial charge in [0.15, 0.2) is 0 Å². The highest BCUT2D eigenvalue weighted by atomic mass is 19.1. The van der Waals surface area contributed by atoms with Crippen LogP contribution in [0.5, 0.6) is 0 Å². The Hall–Kier alpha value is -1.46. The molecule has 0 radical (unpaired) electrons. The van der Waals surface area contributed by atoms with E-state index in [1.807, 2.05) is 7.05 Å². The summed E-state index contributed by atoms with van der Waals surface area (Å²) in [5.74, 6) is -0.270. The van der Waals surface area contributed by atoms with Crippen LogP contribution in [0.15, 0.2) is 24.3 Å². The molecular formula is C14H18FN3O. The van der Waals surface area contributed by atoms with Gasteiger partial charge in [-0.15, -0.1) is 0 Å². The first-order chi connectivity index (χ1) is 9.11. The average molecular weight is 263 g/mol. The van der Waals surface area contributed by atoms with Gasteiger partial charge in [-0.1, -0.05) is 6.07 Å². The fourth-order valence-electron chi connectivity index (χ4n) is 3.03. The molecule has 2 saturated heterocycles. The highest BCUT2D eigenvalue weighted by Gasteiger charge is 2.45. The van der Waals surface area contributed by atoms with Crippen molar-refractivity contribution in [3.05, 3.63) is 30.1 Å². The molecule has 19 heavy (non-hydrogen) atoms. The number of hydrogen-bond donors (Lipinski definition) is 1. The highest BCUT2D eigenvalue weighted by Crippen LogP contribution is 2.30. The minimum Gasteiger partial charge on any atom is -0.315 e. The van der Waals surface area contributed by atoms with E-state index in [4.69, 9.17) is 0 Å². The number of anilines is 1. The molecule has 1 spiro atoms. The SMILES string of the molecule is CN1CC(=O)N(c2cccc(F)c2)C[C@@]12CCNC2. The first-order valence-corrected chi connectivity index (χ1v) is 6.59. The van der Waals surface area contributed by atoms with E-state index in [1.54, 1.807) is 17.0 Å². The summed E-state index contributed by atoms with van der Waals surface area (Å²) in [6.07, 6.45) is 1.02. The summed E-state index contributed by atoms with van der Waals surface area (Å²) in [4.78, 5) is 16.0. The second-order valence-electron chi connectivity index (χ2n) is 5.47. The third kappa shape index (κ3) is 2.13. The zero-order chi connectivity index (χ0) is 13.5. The molecule has 2 fully saturated rings. The summed E-state index contributed by atoms with van der Waals surface area (Å²) in [7, 11) is 1.99. The maximum Gasteiger partial charge on any atom is 0.241 e. The Morgan fingerprint density at radius 2 is 2.26 bits per heavy atom. The maximum absolute atomic E-state index is 13.3. The molecule has 1 aromatic rings. The quantitative estimate of drug-likeness (QED) is 0.815. The molecule has 2 aliphatic rings. The Kier molecular flexibility index (Phi) is 3.03. The summed E-state index contributed by atoms with van der Waals surface area (Å²) < 4.78 is 13.3. The van der Waals surface area contributed by atoms with E-state index in [0.29, 0.717) is 18.8 Å². The molecule has 0 aliphatic carbocycles. The standard InChI is InChI=1S/C14H18FN3O/c1-17-8-13(19)18(10-14(17)5-6-16-9-14)12-4-2-3-11(15)7-12/h2-4,7,16H,5-6,8-10H2,1H3/t14-/m0/s1. The monoisotopic (exact) mass is 263 g/mol. The molecule has 4 nitrogen and oxygen atoms in total. The Morgan fingerprint density at radius 1 is 1.42 bits per heavy atom. The number of piperazine rings is 1. The van der Waals surface area contributed by atoms with Crippen LogP contribution in [0.2, 0.25) is 0 Å². The van der Waals surface area contributed by atoms with Gasteiger partial charge >= 0.3 is 0 Å². The average Bonchev–Trinajstić information content (AvgIpc) is 2.84. The van der Waals surface area contributed by atoms with E-state index < -0.39 is 0 Å². The molecule has 0 aromatic heterocycles. The van der Waals surface area contributed by atoms with Crippen molar-refractivity contribution in [2.75, 3.05) is 38.1 Å². The predicted octanol–water partition coefficient (Wildman–Crippen LogP) is 0.836. The molecule has 1 aromatic carbocycles. The summed E-state index contributed by atoms with van der Waals surface area (Å²) in [5, 5.41) is 3.36. The number of rotatable bonds is 1. The third-order valence-corrected chi connectivity index (χ3v) is 4.28. The van der Waals surface area contributed by atoms with E-state index in [-0.39, 0.29) is 17.3 Å². The lowest BCUT2D eigenvalue weighted by molar-refractivity contribution is -0.123. The second-order valence-corrected chi connectivity index (χ2v) is 5.47. The van der Waals surface area contributed by atoms with Gasteiger partial charge in [0.25, 0.3) is 0 Å². The zero-order valence-electron chi connectivity index (χ0n) is 11.0. The Balaban J connectivity index is 1.91. The lowest BCUT2D eigenvalue weighted by Crippen LogP contribution is -2.64. The van der Waals surface area contributed by atoms with Crippen molar-refractivity contribution < 1.29 is 9.18 Å². The molecule has 1 atom stereocenters. The van der Waals surface area contributed by atoms with Crippen LogP contribution in [-0.2, 0) is 4.79 Å². The van der Waals surface area contributed by atoms with Gasteiger partial charge in [-0.25, -0.2) is 4.39 Å². The number of hydrogen-bond acceptors (Lipinski definition) is 3. The first kappa shape index (κ1) is 12.6. The van der Waals surface area contributed by atoms with Crippen molar-refractivity contribution in [3.63, 3.8) is 0 Å². The highest BCUT2D eigenvalue weighted by molar-refractivity contribution is 5.96. The molecule has 102 valence electrons. The lowest BCUT2D eigenvalue weighted by Gasteiger charge is -2.46. The van der Waals surface area contributed by atoms with E-state index in [0.717, 1.165) is 19.5 Å². The predicted molar refractivity (Wildman–Crippen MR) is 71.6 cm³/mol. The van der Waals surface area contributed by atoms with Gasteiger partial charge in [0.05, 0.1) is 12.1 Å². The third-order valence-electron chi connectivity index (χ3n) is 4.28. The smallest absolute Gasteiger partial charge is 0.241 e. The fourth-order valence-corrected chi connectivity index (χ4v) is 3.03. The van der Waals surface area contributed by atoms with Gasteiger partial charge in [-0.2, -0.15) is 0 Å². The maximum atomic E-state index is 13.3. The summed E-state index contributed by atoms with van der Waals surface area (Å²) in [6, 6.07) is 6.27. The van der Waals surface area contributed by atoms with Crippen molar-refractivity contribution in [2.24, 2.45) is 0 Å². The van der Waals surface area contributed by atoms with Crippen molar-refractivity contribution in [1.82, 2.24) is 10.2 Å². The van der Waals surface area contributed by atoms with Crippen LogP contribution in [0, 0.1) is 5.82 Å². The summed E-state index contributed by atoms with van der Waals surface area (Å²) in [5.41, 5.74) is 0.643. The number of carbonyl (C=O) groups excluding carboxylic acids is 1. The fraction of sp³-hybridized carbons (Fsp3) is 0.500. The summed E-state index contributed by atoms with van der Waals surface area (Å²) in [6.45, 7) is 2.86. The molecular weight excluding hydrogens is 245 g/mol. The lowest BCUT2D eigenvalue weighted by atomic mass is 9.92. The van der Waals surface area contributed by atoms with Crippen LogP contribution in [-0.4, -0.2) is 49.6 Å². The van der Waals surface area contributed by atoms with E-state index in [1.165, 1.54) is 12.1 Å². The molecule has 0 unspecified atom stereocenters. The number of carbonyl (C=O) groups is 1. The van der Waals surface area contributed by atoms with Gasteiger partial charge in [-0.3, -0.25) is 9.69 Å². The minimum atomic E-state index is -0.303. The zero-order valence-corrected chi connectivity index (χ0v) is 11.0. The molecule has 0 saturated carbocycles.